The number of nitrogens with one attached hydrogen (secondary N) is 3. The number of aromatic nitrogens is 2. The summed E-state index contributed by atoms with van der Waals surface area (Å²) in [6, 6.07) is 13.6. The van der Waals surface area contributed by atoms with Gasteiger partial charge in [0.1, 0.15) is 18.2 Å². The van der Waals surface area contributed by atoms with Crippen molar-refractivity contribution in [1.82, 2.24) is 14.9 Å². The highest BCUT2D eigenvalue weighted by atomic mass is 16.5. The molecule has 0 saturated carbocycles. The van der Waals surface area contributed by atoms with Gasteiger partial charge in [0.05, 0.1) is 30.2 Å². The highest BCUT2D eigenvalue weighted by molar-refractivity contribution is 5.96. The van der Waals surface area contributed by atoms with E-state index in [1.165, 1.54) is 18.2 Å². The lowest BCUT2D eigenvalue weighted by molar-refractivity contribution is 0.0322. The maximum Gasteiger partial charge on any atom is 0.337 e. The number of benzene rings is 2. The van der Waals surface area contributed by atoms with Gasteiger partial charge >= 0.3 is 5.97 Å². The van der Waals surface area contributed by atoms with Crippen molar-refractivity contribution >= 4 is 34.8 Å². The van der Waals surface area contributed by atoms with Gasteiger partial charge in [0, 0.05) is 43.1 Å². The number of hydrogen-bond donors (Lipinski definition) is 5. The minimum absolute atomic E-state index is 0.0386. The summed E-state index contributed by atoms with van der Waals surface area (Å²) in [4.78, 5) is 22.8. The van der Waals surface area contributed by atoms with Gasteiger partial charge in [-0.15, -0.1) is 0 Å². The zero-order valence-electron chi connectivity index (χ0n) is 19.3. The summed E-state index contributed by atoms with van der Waals surface area (Å²) < 4.78 is 11.3. The molecule has 0 amide bonds. The third-order valence-corrected chi connectivity index (χ3v) is 5.37. The van der Waals surface area contributed by atoms with Crippen LogP contribution < -0.4 is 20.9 Å². The molecule has 1 aliphatic heterocycles. The fourth-order valence-electron chi connectivity index (χ4n) is 3.64. The standard InChI is InChI=1S/C24H28N6O5/c1-16-13-22(27-21-15-18(29-33)5-6-20(21)23(31)32)28-24(25-16)26-17-3-2-4-19(14-17)35-12-9-30-7-10-34-11-8-30/h2-6,13-15,29,33H,7-12H2,1H3,(H,31,32)(H2,25,26,27,28). The van der Waals surface area contributed by atoms with Crippen LogP contribution in [0.5, 0.6) is 5.75 Å². The van der Waals surface area contributed by atoms with Crippen LogP contribution in [0.15, 0.2) is 48.5 Å². The summed E-state index contributed by atoms with van der Waals surface area (Å²) in [5.41, 5.74) is 4.10. The van der Waals surface area contributed by atoms with Crippen molar-refractivity contribution in [2.45, 2.75) is 6.92 Å². The topological polar surface area (TPSA) is 141 Å². The average Bonchev–Trinajstić information content (AvgIpc) is 2.84. The Balaban J connectivity index is 1.44. The Morgan fingerprint density at radius 2 is 1.91 bits per heavy atom. The molecule has 0 atom stereocenters. The summed E-state index contributed by atoms with van der Waals surface area (Å²) in [6.45, 7) is 6.57. The summed E-state index contributed by atoms with van der Waals surface area (Å²) in [5, 5.41) is 24.8. The summed E-state index contributed by atoms with van der Waals surface area (Å²) in [6.07, 6.45) is 0. The Kier molecular flexibility index (Phi) is 7.93. The van der Waals surface area contributed by atoms with Gasteiger partial charge in [0.2, 0.25) is 5.95 Å². The van der Waals surface area contributed by atoms with Gasteiger partial charge in [-0.1, -0.05) is 6.07 Å². The van der Waals surface area contributed by atoms with Crippen molar-refractivity contribution in [1.29, 1.82) is 0 Å². The Morgan fingerprint density at radius 3 is 2.69 bits per heavy atom. The van der Waals surface area contributed by atoms with Crippen molar-refractivity contribution in [2.24, 2.45) is 0 Å². The molecule has 2 heterocycles. The zero-order chi connectivity index (χ0) is 24.6. The first kappa shape index (κ1) is 24.2. The first-order chi connectivity index (χ1) is 17.0. The monoisotopic (exact) mass is 480 g/mol. The summed E-state index contributed by atoms with van der Waals surface area (Å²) in [7, 11) is 0. The summed E-state index contributed by atoms with van der Waals surface area (Å²) >= 11 is 0. The van der Waals surface area contributed by atoms with Crippen LogP contribution in [0, 0.1) is 6.92 Å². The SMILES string of the molecule is Cc1cc(Nc2cc(NO)ccc2C(=O)O)nc(Nc2cccc(OCCN3CCOCC3)c2)n1. The largest absolute Gasteiger partial charge is 0.492 e. The maximum absolute atomic E-state index is 11.6. The predicted molar refractivity (Wildman–Crippen MR) is 131 cm³/mol. The minimum Gasteiger partial charge on any atom is -0.492 e. The van der Waals surface area contributed by atoms with Crippen molar-refractivity contribution in [3.05, 3.63) is 59.8 Å². The lowest BCUT2D eigenvalue weighted by atomic mass is 10.1. The molecule has 0 bridgehead atoms. The van der Waals surface area contributed by atoms with Crippen molar-refractivity contribution in [3.8, 4) is 5.75 Å². The van der Waals surface area contributed by atoms with Gasteiger partial charge in [0.25, 0.3) is 0 Å². The first-order valence-electron chi connectivity index (χ1n) is 11.2. The number of morpholine rings is 1. The van der Waals surface area contributed by atoms with Crippen LogP contribution in [0.1, 0.15) is 16.1 Å². The lowest BCUT2D eigenvalue weighted by Crippen LogP contribution is -2.38. The highest BCUT2D eigenvalue weighted by Crippen LogP contribution is 2.26. The number of anilines is 5. The molecule has 11 heteroatoms. The molecule has 35 heavy (non-hydrogen) atoms. The van der Waals surface area contributed by atoms with E-state index in [0.717, 1.165) is 44.3 Å². The van der Waals surface area contributed by atoms with Gasteiger partial charge in [-0.3, -0.25) is 15.6 Å². The molecule has 5 N–H and O–H groups in total. The zero-order valence-corrected chi connectivity index (χ0v) is 19.3. The Morgan fingerprint density at radius 1 is 1.09 bits per heavy atom. The fourth-order valence-corrected chi connectivity index (χ4v) is 3.64. The second-order valence-electron chi connectivity index (χ2n) is 7.98. The van der Waals surface area contributed by atoms with Crippen LogP contribution in [0.25, 0.3) is 0 Å². The lowest BCUT2D eigenvalue weighted by Gasteiger charge is -2.26. The number of rotatable bonds is 10. The Bertz CT molecular complexity index is 1170. The molecule has 0 radical (unpaired) electrons. The molecule has 3 aromatic rings. The van der Waals surface area contributed by atoms with Crippen LogP contribution in [-0.2, 0) is 4.74 Å². The molecule has 184 valence electrons. The molecular weight excluding hydrogens is 452 g/mol. The molecular formula is C24H28N6O5. The third kappa shape index (κ3) is 6.79. The van der Waals surface area contributed by atoms with E-state index in [2.05, 4.69) is 25.5 Å². The molecule has 1 aromatic heterocycles. The maximum atomic E-state index is 11.6. The average molecular weight is 481 g/mol. The van der Waals surface area contributed by atoms with Crippen LogP contribution in [0.3, 0.4) is 0 Å². The molecule has 2 aromatic carbocycles. The number of carboxylic acid groups (broad SMARTS) is 1. The number of ether oxygens (including phenoxy) is 2. The van der Waals surface area contributed by atoms with E-state index < -0.39 is 5.97 Å². The van der Waals surface area contributed by atoms with Gasteiger partial charge in [-0.25, -0.2) is 9.78 Å². The fraction of sp³-hybridized carbons (Fsp3) is 0.292. The molecule has 1 fully saturated rings. The third-order valence-electron chi connectivity index (χ3n) is 5.37. The molecule has 1 saturated heterocycles. The van der Waals surface area contributed by atoms with Crippen molar-refractivity contribution < 1.29 is 24.6 Å². The Labute approximate surface area is 202 Å². The second-order valence-corrected chi connectivity index (χ2v) is 7.98. The molecule has 0 unspecified atom stereocenters. The smallest absolute Gasteiger partial charge is 0.337 e. The summed E-state index contributed by atoms with van der Waals surface area (Å²) in [5.74, 6) is 0.363. The molecule has 0 spiro atoms. The molecule has 1 aliphatic rings. The first-order valence-corrected chi connectivity index (χ1v) is 11.2. The second kappa shape index (κ2) is 11.5. The van der Waals surface area contributed by atoms with Crippen LogP contribution in [0.4, 0.5) is 28.8 Å². The van der Waals surface area contributed by atoms with Crippen molar-refractivity contribution in [2.75, 3.05) is 55.6 Å². The molecule has 0 aliphatic carbocycles. The number of carbonyl (C=O) groups is 1. The van der Waals surface area contributed by atoms with E-state index in [0.29, 0.717) is 29.8 Å². The van der Waals surface area contributed by atoms with Gasteiger partial charge < -0.3 is 25.2 Å². The number of aryl methyl sites for hydroxylation is 1. The predicted octanol–water partition coefficient (Wildman–Crippen LogP) is 3.48. The molecule has 11 nitrogen and oxygen atoms in total. The van der Waals surface area contributed by atoms with E-state index in [1.807, 2.05) is 36.7 Å². The van der Waals surface area contributed by atoms with E-state index in [9.17, 15) is 15.1 Å². The number of carboxylic acids is 1. The highest BCUT2D eigenvalue weighted by Gasteiger charge is 2.13. The van der Waals surface area contributed by atoms with Crippen LogP contribution in [-0.4, -0.2) is 70.6 Å². The van der Waals surface area contributed by atoms with Crippen LogP contribution in [0.2, 0.25) is 0 Å². The quantitative estimate of drug-likeness (QED) is 0.272. The van der Waals surface area contributed by atoms with E-state index in [-0.39, 0.29) is 11.3 Å². The number of hydrogen-bond acceptors (Lipinski definition) is 10. The van der Waals surface area contributed by atoms with E-state index >= 15 is 0 Å². The van der Waals surface area contributed by atoms with E-state index in [1.54, 1.807) is 6.07 Å². The molecule has 4 rings (SSSR count). The van der Waals surface area contributed by atoms with Crippen LogP contribution >= 0.6 is 0 Å². The van der Waals surface area contributed by atoms with Gasteiger partial charge in [-0.2, -0.15) is 4.98 Å². The van der Waals surface area contributed by atoms with Gasteiger partial charge in [0.15, 0.2) is 0 Å². The minimum atomic E-state index is -1.11. The number of nitrogens with zero attached hydrogens (tertiary/aromatic N) is 3. The van der Waals surface area contributed by atoms with E-state index in [4.69, 9.17) is 9.47 Å². The Hall–Kier alpha value is -3.93. The number of aromatic carboxylic acids is 1. The normalized spacial score (nSPS) is 13.8. The van der Waals surface area contributed by atoms with Gasteiger partial charge in [-0.05, 0) is 37.3 Å². The van der Waals surface area contributed by atoms with Crippen molar-refractivity contribution in [3.63, 3.8) is 0 Å².